The van der Waals surface area contributed by atoms with Crippen LogP contribution in [-0.4, -0.2) is 44.0 Å². The maximum atomic E-state index is 13.9. The largest absolute Gasteiger partial charge is 0.420 e. The van der Waals surface area contributed by atoms with Crippen LogP contribution < -0.4 is 10.6 Å². The molecule has 2 N–H and O–H groups in total. The molecular weight excluding hydrogens is 531 g/mol. The average molecular weight is 554 g/mol. The maximum absolute atomic E-state index is 13.9. The SMILES string of the molecule is O=S1CCNCc2sc(-c3nc(Nc4cc5c(cc4Cl)CN(C4CC4)CC5)ncc3C(F)(F)F)cc21. The summed E-state index contributed by atoms with van der Waals surface area (Å²) in [7, 11) is -1.27. The Labute approximate surface area is 217 Å². The van der Waals surface area contributed by atoms with Gasteiger partial charge in [0.25, 0.3) is 0 Å². The molecule has 6 rings (SSSR count). The Morgan fingerprint density at radius 3 is 2.83 bits per heavy atom. The van der Waals surface area contributed by atoms with Gasteiger partial charge in [-0.25, -0.2) is 9.97 Å². The van der Waals surface area contributed by atoms with Crippen molar-refractivity contribution in [1.29, 1.82) is 0 Å². The molecule has 12 heteroatoms. The van der Waals surface area contributed by atoms with Gasteiger partial charge < -0.3 is 10.6 Å². The standard InChI is InChI=1S/C24H23ClF3N5OS2/c25-17-7-14-12-33(15-1-2-15)5-3-13(14)8-18(17)31-23-30-10-16(24(26,27)28)22(32-23)19-9-21-20(35-19)11-29-4-6-36(21)34/h7-10,15,29H,1-6,11-12H2,(H,30,31,32). The number of alkyl halides is 3. The molecular formula is C24H23ClF3N5OS2. The Balaban J connectivity index is 1.34. The van der Waals surface area contributed by atoms with Crippen LogP contribution in [0.15, 0.2) is 29.3 Å². The monoisotopic (exact) mass is 553 g/mol. The molecule has 3 aliphatic rings. The first-order chi connectivity index (χ1) is 17.3. The molecule has 2 aromatic heterocycles. The number of rotatable bonds is 4. The summed E-state index contributed by atoms with van der Waals surface area (Å²) in [6, 6.07) is 6.12. The first-order valence-corrected chi connectivity index (χ1v) is 14.3. The fraction of sp³-hybridized carbons (Fsp3) is 0.417. The van der Waals surface area contributed by atoms with Crippen molar-refractivity contribution in [3.63, 3.8) is 0 Å². The van der Waals surface area contributed by atoms with Gasteiger partial charge in [0, 0.05) is 49.0 Å². The fourth-order valence-electron chi connectivity index (χ4n) is 4.73. The number of hydrogen-bond donors (Lipinski definition) is 2. The van der Waals surface area contributed by atoms with Gasteiger partial charge in [-0.3, -0.25) is 9.11 Å². The number of halogens is 4. The molecule has 4 heterocycles. The Hall–Kier alpha value is -2.05. The second-order valence-corrected chi connectivity index (χ2v) is 12.3. The predicted molar refractivity (Wildman–Crippen MR) is 135 cm³/mol. The van der Waals surface area contributed by atoms with Gasteiger partial charge in [-0.15, -0.1) is 11.3 Å². The van der Waals surface area contributed by atoms with Crippen molar-refractivity contribution in [2.75, 3.05) is 24.2 Å². The third-order valence-electron chi connectivity index (χ3n) is 6.73. The third kappa shape index (κ3) is 4.79. The highest BCUT2D eigenvalue weighted by Crippen LogP contribution is 2.41. The fourth-order valence-corrected chi connectivity index (χ4v) is 7.59. The van der Waals surface area contributed by atoms with E-state index in [0.717, 1.165) is 30.6 Å². The summed E-state index contributed by atoms with van der Waals surface area (Å²) < 4.78 is 54.2. The summed E-state index contributed by atoms with van der Waals surface area (Å²) in [6.45, 7) is 2.91. The highest BCUT2D eigenvalue weighted by molar-refractivity contribution is 7.85. The zero-order valence-corrected chi connectivity index (χ0v) is 21.5. The highest BCUT2D eigenvalue weighted by atomic mass is 35.5. The van der Waals surface area contributed by atoms with E-state index in [-0.39, 0.29) is 11.6 Å². The minimum atomic E-state index is -4.64. The normalized spacial score (nSPS) is 20.5. The number of benzene rings is 1. The smallest absolute Gasteiger partial charge is 0.323 e. The van der Waals surface area contributed by atoms with Crippen molar-refractivity contribution in [2.24, 2.45) is 0 Å². The molecule has 1 unspecified atom stereocenters. The number of aromatic nitrogens is 2. The van der Waals surface area contributed by atoms with Crippen LogP contribution >= 0.6 is 22.9 Å². The molecule has 0 radical (unpaired) electrons. The number of anilines is 2. The Morgan fingerprint density at radius 2 is 2.06 bits per heavy atom. The van der Waals surface area contributed by atoms with Gasteiger partial charge >= 0.3 is 6.18 Å². The van der Waals surface area contributed by atoms with Gasteiger partial charge in [0.2, 0.25) is 5.95 Å². The minimum absolute atomic E-state index is 0.0260. The van der Waals surface area contributed by atoms with Crippen LogP contribution in [0.4, 0.5) is 24.8 Å². The van der Waals surface area contributed by atoms with Crippen LogP contribution in [-0.2, 0) is 36.5 Å². The van der Waals surface area contributed by atoms with Gasteiger partial charge in [0.1, 0.15) is 5.56 Å². The molecule has 0 bridgehead atoms. The van der Waals surface area contributed by atoms with E-state index in [1.165, 1.54) is 35.3 Å². The lowest BCUT2D eigenvalue weighted by molar-refractivity contribution is -0.137. The van der Waals surface area contributed by atoms with E-state index >= 15 is 0 Å². The van der Waals surface area contributed by atoms with E-state index in [4.69, 9.17) is 11.6 Å². The average Bonchev–Trinajstić information content (AvgIpc) is 3.63. The first kappa shape index (κ1) is 24.3. The number of fused-ring (bicyclic) bond motifs is 2. The predicted octanol–water partition coefficient (Wildman–Crippen LogP) is 5.35. The number of nitrogens with zero attached hydrogens (tertiary/aromatic N) is 3. The molecule has 6 nitrogen and oxygen atoms in total. The Bertz CT molecular complexity index is 1360. The van der Waals surface area contributed by atoms with E-state index < -0.39 is 22.5 Å². The van der Waals surface area contributed by atoms with Crippen molar-refractivity contribution in [2.45, 2.75) is 49.5 Å². The minimum Gasteiger partial charge on any atom is -0.323 e. The van der Waals surface area contributed by atoms with E-state index in [1.807, 2.05) is 12.1 Å². The van der Waals surface area contributed by atoms with Crippen molar-refractivity contribution < 1.29 is 17.4 Å². The van der Waals surface area contributed by atoms with Gasteiger partial charge in [0.15, 0.2) is 0 Å². The number of nitrogens with one attached hydrogen (secondary N) is 2. The summed E-state index contributed by atoms with van der Waals surface area (Å²) in [5.41, 5.74) is 1.75. The van der Waals surface area contributed by atoms with Crippen molar-refractivity contribution >= 4 is 45.4 Å². The zero-order valence-electron chi connectivity index (χ0n) is 19.1. The number of thiophene rings is 1. The molecule has 1 aliphatic carbocycles. The third-order valence-corrected chi connectivity index (χ3v) is 9.75. The Kier molecular flexibility index (Phi) is 6.32. The lowest BCUT2D eigenvalue weighted by Crippen LogP contribution is -2.32. The maximum Gasteiger partial charge on any atom is 0.420 e. The van der Waals surface area contributed by atoms with E-state index in [2.05, 4.69) is 25.5 Å². The Morgan fingerprint density at radius 1 is 1.22 bits per heavy atom. The van der Waals surface area contributed by atoms with Crippen LogP contribution in [0.1, 0.15) is 34.4 Å². The molecule has 1 aromatic carbocycles. The molecule has 36 heavy (non-hydrogen) atoms. The van der Waals surface area contributed by atoms with Crippen LogP contribution in [0.3, 0.4) is 0 Å². The molecule has 0 saturated heterocycles. The summed E-state index contributed by atoms with van der Waals surface area (Å²) in [4.78, 5) is 12.4. The first-order valence-electron chi connectivity index (χ1n) is 11.7. The van der Waals surface area contributed by atoms with E-state index in [0.29, 0.717) is 45.4 Å². The van der Waals surface area contributed by atoms with Crippen LogP contribution in [0, 0.1) is 0 Å². The molecule has 1 saturated carbocycles. The van der Waals surface area contributed by atoms with E-state index in [9.17, 15) is 17.4 Å². The summed E-state index contributed by atoms with van der Waals surface area (Å²) in [5, 5.41) is 6.67. The second-order valence-electron chi connectivity index (χ2n) is 9.26. The quantitative estimate of drug-likeness (QED) is 0.454. The van der Waals surface area contributed by atoms with Crippen LogP contribution in [0.2, 0.25) is 5.02 Å². The molecule has 190 valence electrons. The van der Waals surface area contributed by atoms with Gasteiger partial charge in [-0.05, 0) is 48.6 Å². The van der Waals surface area contributed by atoms with Gasteiger partial charge in [0.05, 0.1) is 37.0 Å². The molecule has 0 spiro atoms. The van der Waals surface area contributed by atoms with Crippen LogP contribution in [0.5, 0.6) is 0 Å². The molecule has 3 aromatic rings. The van der Waals surface area contributed by atoms with Gasteiger partial charge in [-0.1, -0.05) is 11.6 Å². The highest BCUT2D eigenvalue weighted by Gasteiger charge is 2.37. The topological polar surface area (TPSA) is 70.2 Å². The lowest BCUT2D eigenvalue weighted by Gasteiger charge is -2.29. The summed E-state index contributed by atoms with van der Waals surface area (Å²) >= 11 is 7.74. The zero-order chi connectivity index (χ0) is 25.0. The molecule has 1 fully saturated rings. The summed E-state index contributed by atoms with van der Waals surface area (Å²) in [6.07, 6.45) is -0.456. The van der Waals surface area contributed by atoms with E-state index in [1.54, 1.807) is 6.07 Å². The van der Waals surface area contributed by atoms with Crippen molar-refractivity contribution in [3.8, 4) is 10.6 Å². The lowest BCUT2D eigenvalue weighted by atomic mass is 9.99. The van der Waals surface area contributed by atoms with Gasteiger partial charge in [-0.2, -0.15) is 13.2 Å². The second kappa shape index (κ2) is 9.36. The van der Waals surface area contributed by atoms with Crippen molar-refractivity contribution in [3.05, 3.63) is 51.0 Å². The van der Waals surface area contributed by atoms with Crippen molar-refractivity contribution in [1.82, 2.24) is 20.2 Å². The molecule has 0 amide bonds. The summed E-state index contributed by atoms with van der Waals surface area (Å²) in [5.74, 6) is 0.444. The molecule has 2 aliphatic heterocycles. The van der Waals surface area contributed by atoms with Crippen LogP contribution in [0.25, 0.3) is 10.6 Å². The number of hydrogen-bond acceptors (Lipinski definition) is 7. The molecule has 1 atom stereocenters.